The van der Waals surface area contributed by atoms with Crippen LogP contribution in [0.15, 0.2) is 24.3 Å². The average molecular weight is 277 g/mol. The largest absolute Gasteiger partial charge is 0.336 e. The molecule has 0 spiro atoms. The van der Waals surface area contributed by atoms with Crippen molar-refractivity contribution in [2.75, 3.05) is 26.2 Å². The van der Waals surface area contributed by atoms with E-state index < -0.39 is 0 Å². The van der Waals surface area contributed by atoms with Crippen molar-refractivity contribution >= 4 is 12.1 Å². The monoisotopic (exact) mass is 277 g/mol. The highest BCUT2D eigenvalue weighted by Gasteiger charge is 2.34. The zero-order valence-corrected chi connectivity index (χ0v) is 11.0. The second kappa shape index (κ2) is 5.11. The van der Waals surface area contributed by atoms with Gasteiger partial charge in [-0.15, -0.1) is 0 Å². The van der Waals surface area contributed by atoms with Gasteiger partial charge in [-0.25, -0.2) is 18.9 Å². The molecular formula is C14H16FN3O2. The van der Waals surface area contributed by atoms with E-state index in [4.69, 9.17) is 0 Å². The van der Waals surface area contributed by atoms with Crippen LogP contribution < -0.4 is 5.32 Å². The van der Waals surface area contributed by atoms with Crippen LogP contribution >= 0.6 is 0 Å². The molecule has 0 radical (unpaired) electrons. The summed E-state index contributed by atoms with van der Waals surface area (Å²) in [7, 11) is 0. The number of nitrogens with one attached hydrogen (secondary N) is 1. The fraction of sp³-hybridized carbons (Fsp3) is 0.429. The number of hydrogen-bond donors (Lipinski definition) is 1. The van der Waals surface area contributed by atoms with Gasteiger partial charge in [-0.1, -0.05) is 12.1 Å². The molecule has 20 heavy (non-hydrogen) atoms. The van der Waals surface area contributed by atoms with Gasteiger partial charge in [-0.2, -0.15) is 0 Å². The van der Waals surface area contributed by atoms with Crippen LogP contribution in [0, 0.1) is 5.82 Å². The summed E-state index contributed by atoms with van der Waals surface area (Å²) in [4.78, 5) is 26.6. The minimum Gasteiger partial charge on any atom is -0.336 e. The third-order valence-corrected chi connectivity index (χ3v) is 3.87. The Bertz CT molecular complexity index is 549. The van der Waals surface area contributed by atoms with Crippen LogP contribution in [0.5, 0.6) is 0 Å². The maximum atomic E-state index is 13.2. The highest BCUT2D eigenvalue weighted by molar-refractivity contribution is 5.95. The van der Waals surface area contributed by atoms with Gasteiger partial charge in [-0.3, -0.25) is 0 Å². The molecule has 2 aliphatic rings. The number of carbonyl (C=O) groups excluding carboxylic acids is 2. The van der Waals surface area contributed by atoms with Gasteiger partial charge in [0.05, 0.1) is 0 Å². The predicted octanol–water partition coefficient (Wildman–Crippen LogP) is 1.76. The quantitative estimate of drug-likeness (QED) is 0.850. The lowest BCUT2D eigenvalue weighted by atomic mass is 9.98. The summed E-state index contributed by atoms with van der Waals surface area (Å²) in [5, 5.41) is 2.61. The molecule has 2 saturated heterocycles. The average Bonchev–Trinajstić information content (AvgIpc) is 3.07. The molecule has 5 nitrogen and oxygen atoms in total. The van der Waals surface area contributed by atoms with Gasteiger partial charge in [0.1, 0.15) is 5.82 Å². The third-order valence-electron chi connectivity index (χ3n) is 3.87. The van der Waals surface area contributed by atoms with E-state index in [9.17, 15) is 14.0 Å². The molecule has 0 saturated carbocycles. The number of nitrogens with zero attached hydrogens (tertiary/aromatic N) is 2. The second-order valence-corrected chi connectivity index (χ2v) is 5.15. The van der Waals surface area contributed by atoms with Gasteiger partial charge in [0, 0.05) is 32.1 Å². The van der Waals surface area contributed by atoms with Crippen molar-refractivity contribution in [3.8, 4) is 0 Å². The topological polar surface area (TPSA) is 52.7 Å². The number of rotatable bonds is 1. The van der Waals surface area contributed by atoms with Gasteiger partial charge in [-0.05, 0) is 24.1 Å². The Hall–Kier alpha value is -2.11. The Morgan fingerprint density at radius 2 is 2.20 bits per heavy atom. The number of carbonyl (C=O) groups is 2. The zero-order valence-electron chi connectivity index (χ0n) is 11.0. The van der Waals surface area contributed by atoms with E-state index in [1.54, 1.807) is 11.0 Å². The minimum absolute atomic E-state index is 0.139. The predicted molar refractivity (Wildman–Crippen MR) is 70.8 cm³/mol. The summed E-state index contributed by atoms with van der Waals surface area (Å²) in [6, 6.07) is 5.91. The van der Waals surface area contributed by atoms with E-state index in [2.05, 4.69) is 5.32 Å². The number of urea groups is 2. The lowest BCUT2D eigenvalue weighted by Gasteiger charge is -2.22. The van der Waals surface area contributed by atoms with Gasteiger partial charge in [0.15, 0.2) is 0 Å². The summed E-state index contributed by atoms with van der Waals surface area (Å²) in [6.45, 7) is 2.06. The molecule has 1 N–H and O–H groups in total. The van der Waals surface area contributed by atoms with Crippen molar-refractivity contribution < 1.29 is 14.0 Å². The van der Waals surface area contributed by atoms with E-state index in [-0.39, 0.29) is 23.8 Å². The molecule has 4 amide bonds. The molecule has 6 heteroatoms. The Labute approximate surface area is 116 Å². The van der Waals surface area contributed by atoms with Crippen molar-refractivity contribution in [1.82, 2.24) is 15.1 Å². The summed E-state index contributed by atoms with van der Waals surface area (Å²) >= 11 is 0. The van der Waals surface area contributed by atoms with Crippen LogP contribution in [0.25, 0.3) is 0 Å². The fourth-order valence-electron chi connectivity index (χ4n) is 2.79. The van der Waals surface area contributed by atoms with Crippen LogP contribution in [0.3, 0.4) is 0 Å². The van der Waals surface area contributed by atoms with E-state index in [0.717, 1.165) is 12.0 Å². The van der Waals surface area contributed by atoms with Crippen molar-refractivity contribution in [2.45, 2.75) is 12.3 Å². The van der Waals surface area contributed by atoms with Crippen LogP contribution in [0.4, 0.5) is 14.0 Å². The molecule has 2 aliphatic heterocycles. The molecule has 2 heterocycles. The second-order valence-electron chi connectivity index (χ2n) is 5.15. The SMILES string of the molecule is O=C1NCCN1C(=O)N1CC[C@@H](c2cccc(F)c2)C1. The van der Waals surface area contributed by atoms with Crippen LogP contribution in [0.1, 0.15) is 17.9 Å². The maximum absolute atomic E-state index is 13.2. The fourth-order valence-corrected chi connectivity index (χ4v) is 2.79. The third kappa shape index (κ3) is 2.33. The van der Waals surface area contributed by atoms with Gasteiger partial charge in [0.2, 0.25) is 0 Å². The Morgan fingerprint density at radius 3 is 2.90 bits per heavy atom. The number of hydrogen-bond acceptors (Lipinski definition) is 2. The number of benzene rings is 1. The van der Waals surface area contributed by atoms with Crippen molar-refractivity contribution in [1.29, 1.82) is 0 Å². The number of amides is 4. The highest BCUT2D eigenvalue weighted by atomic mass is 19.1. The van der Waals surface area contributed by atoms with E-state index in [1.807, 2.05) is 6.07 Å². The standard InChI is InChI=1S/C14H16FN3O2/c15-12-3-1-2-10(8-12)11-4-6-17(9-11)14(20)18-7-5-16-13(18)19/h1-3,8,11H,4-7,9H2,(H,16,19)/t11-/m1/s1. The summed E-state index contributed by atoms with van der Waals surface area (Å²) in [5.41, 5.74) is 0.908. The molecule has 0 unspecified atom stereocenters. The molecule has 3 rings (SSSR count). The van der Waals surface area contributed by atoms with Crippen LogP contribution in [0.2, 0.25) is 0 Å². The highest BCUT2D eigenvalue weighted by Crippen LogP contribution is 2.28. The molecule has 0 aromatic heterocycles. The van der Waals surface area contributed by atoms with Gasteiger partial charge in [0.25, 0.3) is 0 Å². The molecule has 2 fully saturated rings. The lowest BCUT2D eigenvalue weighted by molar-refractivity contribution is 0.172. The number of likely N-dealkylation sites (tertiary alicyclic amines) is 1. The Morgan fingerprint density at radius 1 is 1.35 bits per heavy atom. The molecule has 0 bridgehead atoms. The smallest absolute Gasteiger partial charge is 0.328 e. The summed E-state index contributed by atoms with van der Waals surface area (Å²) in [5.74, 6) is -0.119. The van der Waals surface area contributed by atoms with E-state index in [0.29, 0.717) is 26.2 Å². The van der Waals surface area contributed by atoms with E-state index in [1.165, 1.54) is 17.0 Å². The van der Waals surface area contributed by atoms with Gasteiger partial charge >= 0.3 is 12.1 Å². The van der Waals surface area contributed by atoms with Crippen molar-refractivity contribution in [3.63, 3.8) is 0 Å². The lowest BCUT2D eigenvalue weighted by Crippen LogP contribution is -2.43. The van der Waals surface area contributed by atoms with Crippen molar-refractivity contribution in [2.24, 2.45) is 0 Å². The van der Waals surface area contributed by atoms with Crippen LogP contribution in [-0.2, 0) is 0 Å². The van der Waals surface area contributed by atoms with E-state index >= 15 is 0 Å². The molecule has 1 aromatic carbocycles. The molecule has 1 atom stereocenters. The molecule has 106 valence electrons. The van der Waals surface area contributed by atoms with Crippen LogP contribution in [-0.4, -0.2) is 48.0 Å². The normalized spacial score (nSPS) is 22.2. The maximum Gasteiger partial charge on any atom is 0.328 e. The minimum atomic E-state index is -0.329. The summed E-state index contributed by atoms with van der Waals surface area (Å²) < 4.78 is 13.2. The number of halogens is 1. The zero-order chi connectivity index (χ0) is 14.1. The molecule has 0 aliphatic carbocycles. The first-order chi connectivity index (χ1) is 9.65. The van der Waals surface area contributed by atoms with Gasteiger partial charge < -0.3 is 10.2 Å². The number of imide groups is 1. The summed E-state index contributed by atoms with van der Waals surface area (Å²) in [6.07, 6.45) is 0.796. The first kappa shape index (κ1) is 12.9. The molecule has 1 aromatic rings. The first-order valence-electron chi connectivity index (χ1n) is 6.75. The Kier molecular flexibility index (Phi) is 3.30. The first-order valence-corrected chi connectivity index (χ1v) is 6.75. The van der Waals surface area contributed by atoms with Crippen molar-refractivity contribution in [3.05, 3.63) is 35.6 Å². The molecular weight excluding hydrogens is 261 g/mol. The Balaban J connectivity index is 1.67.